The Balaban J connectivity index is 1.78. The second-order valence-corrected chi connectivity index (χ2v) is 7.06. The van der Waals surface area contributed by atoms with Gasteiger partial charge in [0.15, 0.2) is 0 Å². The molecule has 1 heterocycles. The number of thiocarbonyl (C=S) groups is 1. The highest BCUT2D eigenvalue weighted by Gasteiger charge is 2.04. The van der Waals surface area contributed by atoms with Crippen LogP contribution in [0.1, 0.15) is 10.4 Å². The van der Waals surface area contributed by atoms with Crippen LogP contribution in [-0.4, -0.2) is 30.1 Å². The highest BCUT2D eigenvalue weighted by Crippen LogP contribution is 2.20. The predicted octanol–water partition coefficient (Wildman–Crippen LogP) is 3.66. The van der Waals surface area contributed by atoms with Crippen LogP contribution in [-0.2, 0) is 6.54 Å². The van der Waals surface area contributed by atoms with Crippen molar-refractivity contribution in [2.45, 2.75) is 6.54 Å². The van der Waals surface area contributed by atoms with Gasteiger partial charge in [0, 0.05) is 33.4 Å². The number of benzene rings is 1. The van der Waals surface area contributed by atoms with Gasteiger partial charge in [-0.1, -0.05) is 24.4 Å². The van der Waals surface area contributed by atoms with Crippen molar-refractivity contribution >= 4 is 44.5 Å². The summed E-state index contributed by atoms with van der Waals surface area (Å²) < 4.78 is 6.89. The smallest absolute Gasteiger partial charge is 0.120 e. The topological polar surface area (TPSA) is 38.5 Å². The molecule has 0 aliphatic carbocycles. The lowest BCUT2D eigenvalue weighted by Crippen LogP contribution is -2.23. The van der Waals surface area contributed by atoms with E-state index in [1.807, 2.05) is 24.3 Å². The predicted molar refractivity (Wildman–Crippen MR) is 96.2 cm³/mol. The SMILES string of the molecule is CN(CCOc1cccc(C(N)=S)c1)Cc1cc(Br)cs1. The first-order valence-electron chi connectivity index (χ1n) is 6.49. The molecular formula is C15H17BrN2OS2. The first-order valence-corrected chi connectivity index (χ1v) is 8.57. The number of thiophene rings is 1. The van der Waals surface area contributed by atoms with Crippen molar-refractivity contribution in [3.05, 3.63) is 50.6 Å². The fourth-order valence-corrected chi connectivity index (χ4v) is 3.50. The van der Waals surface area contributed by atoms with Gasteiger partial charge in [0.25, 0.3) is 0 Å². The van der Waals surface area contributed by atoms with Gasteiger partial charge in [0.05, 0.1) is 0 Å². The van der Waals surface area contributed by atoms with Gasteiger partial charge in [-0.2, -0.15) is 0 Å². The average molecular weight is 385 g/mol. The summed E-state index contributed by atoms with van der Waals surface area (Å²) in [5, 5.41) is 2.10. The van der Waals surface area contributed by atoms with Gasteiger partial charge in [-0.15, -0.1) is 11.3 Å². The Hall–Kier alpha value is -0.950. The minimum atomic E-state index is 0.390. The van der Waals surface area contributed by atoms with Crippen molar-refractivity contribution in [3.8, 4) is 5.75 Å². The van der Waals surface area contributed by atoms with Crippen LogP contribution >= 0.6 is 39.5 Å². The lowest BCUT2D eigenvalue weighted by Gasteiger charge is -2.16. The summed E-state index contributed by atoms with van der Waals surface area (Å²) in [4.78, 5) is 3.95. The second kappa shape index (κ2) is 7.89. The number of likely N-dealkylation sites (N-methyl/N-ethyl adjacent to an activating group) is 1. The summed E-state index contributed by atoms with van der Waals surface area (Å²) in [6.07, 6.45) is 0. The van der Waals surface area contributed by atoms with Crippen LogP contribution < -0.4 is 10.5 Å². The Morgan fingerprint density at radius 1 is 1.43 bits per heavy atom. The third-order valence-corrected chi connectivity index (χ3v) is 4.83. The van der Waals surface area contributed by atoms with E-state index in [0.717, 1.165) is 28.9 Å². The van der Waals surface area contributed by atoms with E-state index in [9.17, 15) is 0 Å². The fraction of sp³-hybridized carbons (Fsp3) is 0.267. The van der Waals surface area contributed by atoms with Gasteiger partial charge >= 0.3 is 0 Å². The lowest BCUT2D eigenvalue weighted by molar-refractivity contribution is 0.234. The number of halogens is 1. The van der Waals surface area contributed by atoms with Gasteiger partial charge in [0.2, 0.25) is 0 Å². The zero-order valence-corrected chi connectivity index (χ0v) is 14.9. The van der Waals surface area contributed by atoms with E-state index >= 15 is 0 Å². The molecule has 2 N–H and O–H groups in total. The number of nitrogens with zero attached hydrogens (tertiary/aromatic N) is 1. The van der Waals surface area contributed by atoms with Crippen LogP contribution in [0.3, 0.4) is 0 Å². The molecule has 0 bridgehead atoms. The highest BCUT2D eigenvalue weighted by molar-refractivity contribution is 9.10. The van der Waals surface area contributed by atoms with E-state index < -0.39 is 0 Å². The molecule has 0 amide bonds. The first-order chi connectivity index (χ1) is 10.0. The molecule has 0 radical (unpaired) electrons. The molecular weight excluding hydrogens is 368 g/mol. The molecule has 0 saturated heterocycles. The van der Waals surface area contributed by atoms with Gasteiger partial charge in [-0.25, -0.2) is 0 Å². The van der Waals surface area contributed by atoms with E-state index in [0.29, 0.717) is 11.6 Å². The molecule has 0 spiro atoms. The summed E-state index contributed by atoms with van der Waals surface area (Å²) in [5.41, 5.74) is 6.45. The Kier molecular flexibility index (Phi) is 6.17. The summed E-state index contributed by atoms with van der Waals surface area (Å²) in [6, 6.07) is 9.72. The van der Waals surface area contributed by atoms with Crippen LogP contribution in [0, 0.1) is 0 Å². The standard InChI is InChI=1S/C15H17BrN2OS2/c1-18(9-14-8-12(16)10-21-14)5-6-19-13-4-2-3-11(7-13)15(17)20/h2-4,7-8,10H,5-6,9H2,1H3,(H2,17,20). The third kappa shape index (κ3) is 5.39. The highest BCUT2D eigenvalue weighted by atomic mass is 79.9. The quantitative estimate of drug-likeness (QED) is 0.739. The van der Waals surface area contributed by atoms with E-state index in [-0.39, 0.29) is 0 Å². The molecule has 21 heavy (non-hydrogen) atoms. The lowest BCUT2D eigenvalue weighted by atomic mass is 10.2. The van der Waals surface area contributed by atoms with Crippen molar-refractivity contribution in [2.75, 3.05) is 20.2 Å². The molecule has 2 aromatic rings. The third-order valence-electron chi connectivity index (χ3n) is 2.91. The monoisotopic (exact) mass is 384 g/mol. The van der Waals surface area contributed by atoms with Crippen molar-refractivity contribution in [2.24, 2.45) is 5.73 Å². The van der Waals surface area contributed by atoms with E-state index in [2.05, 4.69) is 39.3 Å². The van der Waals surface area contributed by atoms with Crippen molar-refractivity contribution < 1.29 is 4.74 Å². The zero-order valence-electron chi connectivity index (χ0n) is 11.7. The average Bonchev–Trinajstić information content (AvgIpc) is 2.84. The first kappa shape index (κ1) is 16.4. The molecule has 112 valence electrons. The molecule has 0 fully saturated rings. The molecule has 2 rings (SSSR count). The Bertz CT molecular complexity index is 615. The van der Waals surface area contributed by atoms with Crippen LogP contribution in [0.2, 0.25) is 0 Å². The number of hydrogen-bond acceptors (Lipinski definition) is 4. The van der Waals surface area contributed by atoms with Crippen LogP contribution in [0.15, 0.2) is 40.2 Å². The van der Waals surface area contributed by atoms with Crippen LogP contribution in [0.25, 0.3) is 0 Å². The Morgan fingerprint density at radius 2 is 2.24 bits per heavy atom. The molecule has 0 aliphatic heterocycles. The zero-order chi connectivity index (χ0) is 15.2. The summed E-state index contributed by atoms with van der Waals surface area (Å²) in [5.74, 6) is 0.799. The molecule has 0 saturated carbocycles. The van der Waals surface area contributed by atoms with E-state index in [1.165, 1.54) is 4.88 Å². The Morgan fingerprint density at radius 3 is 2.90 bits per heavy atom. The molecule has 1 aromatic heterocycles. The van der Waals surface area contributed by atoms with Gasteiger partial charge in [0.1, 0.15) is 17.3 Å². The molecule has 0 atom stereocenters. The summed E-state index contributed by atoms with van der Waals surface area (Å²) in [7, 11) is 2.09. The summed E-state index contributed by atoms with van der Waals surface area (Å²) in [6.45, 7) is 2.41. The maximum atomic E-state index is 5.75. The summed E-state index contributed by atoms with van der Waals surface area (Å²) >= 11 is 10.2. The van der Waals surface area contributed by atoms with Gasteiger partial charge in [-0.3, -0.25) is 4.90 Å². The molecule has 0 aliphatic rings. The number of rotatable bonds is 7. The fourth-order valence-electron chi connectivity index (χ4n) is 1.84. The maximum absolute atomic E-state index is 5.75. The van der Waals surface area contributed by atoms with Crippen molar-refractivity contribution in [1.29, 1.82) is 0 Å². The Labute approximate surface area is 142 Å². The largest absolute Gasteiger partial charge is 0.492 e. The van der Waals surface area contributed by atoms with Crippen molar-refractivity contribution in [1.82, 2.24) is 4.90 Å². The van der Waals surface area contributed by atoms with E-state index in [1.54, 1.807) is 11.3 Å². The number of ether oxygens (including phenoxy) is 1. The van der Waals surface area contributed by atoms with Gasteiger partial charge < -0.3 is 10.5 Å². The second-order valence-electron chi connectivity index (χ2n) is 4.71. The minimum Gasteiger partial charge on any atom is -0.492 e. The van der Waals surface area contributed by atoms with Crippen LogP contribution in [0.5, 0.6) is 5.75 Å². The molecule has 1 aromatic carbocycles. The number of hydrogen-bond donors (Lipinski definition) is 1. The maximum Gasteiger partial charge on any atom is 0.120 e. The molecule has 6 heteroatoms. The molecule has 3 nitrogen and oxygen atoms in total. The number of nitrogens with two attached hydrogens (primary N) is 1. The normalized spacial score (nSPS) is 10.8. The van der Waals surface area contributed by atoms with E-state index in [4.69, 9.17) is 22.7 Å². The van der Waals surface area contributed by atoms with Crippen LogP contribution in [0.4, 0.5) is 0 Å². The molecule has 0 unspecified atom stereocenters. The van der Waals surface area contributed by atoms with Crippen molar-refractivity contribution in [3.63, 3.8) is 0 Å². The minimum absolute atomic E-state index is 0.390. The van der Waals surface area contributed by atoms with Gasteiger partial charge in [-0.05, 0) is 41.2 Å².